The van der Waals surface area contributed by atoms with Crippen molar-refractivity contribution in [3.05, 3.63) is 70.0 Å². The van der Waals surface area contributed by atoms with Crippen LogP contribution in [0.5, 0.6) is 23.0 Å². The number of fused-ring (bicyclic) bond motifs is 2. The van der Waals surface area contributed by atoms with Crippen LogP contribution in [0.4, 0.5) is 11.6 Å². The van der Waals surface area contributed by atoms with Crippen LogP contribution in [0.3, 0.4) is 0 Å². The van der Waals surface area contributed by atoms with Gasteiger partial charge in [-0.25, -0.2) is 9.97 Å². The second kappa shape index (κ2) is 18.3. The molecule has 0 saturated heterocycles. The van der Waals surface area contributed by atoms with Crippen LogP contribution in [0.15, 0.2) is 36.4 Å². The number of nitrogens with zero attached hydrogens (tertiary/aromatic N) is 6. The van der Waals surface area contributed by atoms with Crippen LogP contribution in [0.1, 0.15) is 97.8 Å². The maximum absolute atomic E-state index is 12.6. The number of esters is 2. The molecule has 2 saturated carbocycles. The van der Waals surface area contributed by atoms with Gasteiger partial charge in [0.05, 0.1) is 47.6 Å². The van der Waals surface area contributed by atoms with Crippen molar-refractivity contribution in [1.29, 1.82) is 21.0 Å². The number of hydrogen-bond donors (Lipinski definition) is 3. The fraction of sp³-hybridized carbons (Fsp3) is 0.349. The SMILES string of the molecule is CC(C(=O)OC1CCC1)c1nc(N)c(C#N)c(-c2ccc3c(c2)OCO3)c1C#N.COC(=O)C(C)c1nc(N)c(C#N)c(-c2ccc3c(c2)OCO3)c1C#N.OC1CCC1. The zero-order valence-corrected chi connectivity index (χ0v) is 33.0. The van der Waals surface area contributed by atoms with Gasteiger partial charge in [0, 0.05) is 11.1 Å². The van der Waals surface area contributed by atoms with Crippen molar-refractivity contribution in [2.45, 2.75) is 76.4 Å². The Morgan fingerprint density at radius 1 is 0.683 bits per heavy atom. The smallest absolute Gasteiger partial charge is 0.315 e. The summed E-state index contributed by atoms with van der Waals surface area (Å²) in [5.74, 6) is -0.610. The molecule has 2 fully saturated rings. The number of aromatic nitrogens is 2. The lowest BCUT2D eigenvalue weighted by Crippen LogP contribution is -2.28. The first-order valence-corrected chi connectivity index (χ1v) is 19.0. The number of nitriles is 4. The number of methoxy groups -OCH3 is 1. The number of aliphatic hydroxyl groups excluding tert-OH is 1. The summed E-state index contributed by atoms with van der Waals surface area (Å²) in [5, 5.41) is 47.2. The van der Waals surface area contributed by atoms with Crippen molar-refractivity contribution >= 4 is 23.6 Å². The van der Waals surface area contributed by atoms with E-state index in [-0.39, 0.29) is 71.1 Å². The van der Waals surface area contributed by atoms with Crippen LogP contribution in [0, 0.1) is 45.3 Å². The molecule has 0 spiro atoms. The van der Waals surface area contributed by atoms with Gasteiger partial charge in [-0.1, -0.05) is 12.1 Å². The molecule has 4 aliphatic rings. The average Bonchev–Trinajstić information content (AvgIpc) is 3.92. The number of aliphatic hydroxyl groups is 1. The van der Waals surface area contributed by atoms with Gasteiger partial charge >= 0.3 is 11.9 Å². The van der Waals surface area contributed by atoms with Crippen molar-refractivity contribution in [1.82, 2.24) is 9.97 Å². The number of carbonyl (C=O) groups is 2. The summed E-state index contributed by atoms with van der Waals surface area (Å²) < 4.78 is 31.6. The Bertz CT molecular complexity index is 2510. The lowest BCUT2D eigenvalue weighted by Gasteiger charge is -2.27. The summed E-state index contributed by atoms with van der Waals surface area (Å²) in [7, 11) is 1.25. The number of anilines is 2. The van der Waals surface area contributed by atoms with Crippen molar-refractivity contribution in [2.75, 3.05) is 32.2 Å². The molecule has 17 heteroatoms. The number of pyridine rings is 2. The van der Waals surface area contributed by atoms with Crippen LogP contribution < -0.4 is 30.4 Å². The number of carbonyl (C=O) groups excluding carboxylic acids is 2. The molecule has 0 amide bonds. The Kier molecular flexibility index (Phi) is 12.8. The van der Waals surface area contributed by atoms with Gasteiger partial charge in [-0.3, -0.25) is 9.59 Å². The minimum atomic E-state index is -0.822. The predicted octanol–water partition coefficient (Wildman–Crippen LogP) is 5.61. The van der Waals surface area contributed by atoms with E-state index in [2.05, 4.69) is 16.0 Å². The van der Waals surface area contributed by atoms with Crippen LogP contribution in [-0.4, -0.2) is 59.9 Å². The van der Waals surface area contributed by atoms with E-state index in [0.717, 1.165) is 32.1 Å². The average molecular weight is 813 g/mol. The van der Waals surface area contributed by atoms with Crippen LogP contribution >= 0.6 is 0 Å². The Morgan fingerprint density at radius 3 is 1.43 bits per heavy atom. The molecule has 0 radical (unpaired) electrons. The monoisotopic (exact) mass is 812 g/mol. The maximum Gasteiger partial charge on any atom is 0.315 e. The van der Waals surface area contributed by atoms with Gasteiger partial charge in [0.15, 0.2) is 23.0 Å². The third-order valence-corrected chi connectivity index (χ3v) is 10.4. The summed E-state index contributed by atoms with van der Waals surface area (Å²) in [4.78, 5) is 32.8. The number of hydrogen-bond acceptors (Lipinski definition) is 17. The van der Waals surface area contributed by atoms with E-state index < -0.39 is 23.8 Å². The quantitative estimate of drug-likeness (QED) is 0.191. The molecule has 4 heterocycles. The molecule has 8 rings (SSSR count). The molecular formula is C43H40N8O9. The van der Waals surface area contributed by atoms with Gasteiger partial charge in [0.1, 0.15) is 53.1 Å². The molecule has 2 unspecified atom stereocenters. The fourth-order valence-electron chi connectivity index (χ4n) is 6.55. The van der Waals surface area contributed by atoms with E-state index in [1.165, 1.54) is 13.5 Å². The van der Waals surface area contributed by atoms with Crippen LogP contribution in [0.25, 0.3) is 22.3 Å². The normalized spacial score (nSPS) is 15.3. The maximum atomic E-state index is 12.6. The Balaban J connectivity index is 0.000000181. The summed E-state index contributed by atoms with van der Waals surface area (Å²) in [6, 6.07) is 18.3. The minimum absolute atomic E-state index is 0.0440. The van der Waals surface area contributed by atoms with E-state index in [0.29, 0.717) is 45.3 Å². The fourth-order valence-corrected chi connectivity index (χ4v) is 6.55. The Morgan fingerprint density at radius 2 is 1.08 bits per heavy atom. The number of ether oxygens (including phenoxy) is 6. The minimum Gasteiger partial charge on any atom is -0.469 e. The second-order valence-corrected chi connectivity index (χ2v) is 14.1. The number of rotatable bonds is 7. The first-order chi connectivity index (χ1) is 28.9. The summed E-state index contributed by atoms with van der Waals surface area (Å²) in [5.41, 5.74) is 14.4. The van der Waals surface area contributed by atoms with Gasteiger partial charge in [-0.2, -0.15) is 21.0 Å². The van der Waals surface area contributed by atoms with E-state index in [4.69, 9.17) is 45.0 Å². The van der Waals surface area contributed by atoms with Gasteiger partial charge < -0.3 is 45.0 Å². The van der Waals surface area contributed by atoms with E-state index in [1.54, 1.807) is 50.2 Å². The van der Waals surface area contributed by atoms with Crippen molar-refractivity contribution < 1.29 is 43.1 Å². The predicted molar refractivity (Wildman–Crippen MR) is 212 cm³/mol. The first kappa shape index (κ1) is 42.0. The molecule has 2 aliphatic carbocycles. The summed E-state index contributed by atoms with van der Waals surface area (Å²) in [6.07, 6.45) is 6.02. The van der Waals surface area contributed by atoms with Gasteiger partial charge in [0.2, 0.25) is 13.6 Å². The highest BCUT2D eigenvalue weighted by Gasteiger charge is 2.32. The molecular weight excluding hydrogens is 773 g/mol. The zero-order chi connectivity index (χ0) is 43.1. The molecule has 60 heavy (non-hydrogen) atoms. The van der Waals surface area contributed by atoms with Crippen molar-refractivity contribution in [3.8, 4) is 69.5 Å². The van der Waals surface area contributed by atoms with Gasteiger partial charge in [0.25, 0.3) is 0 Å². The van der Waals surface area contributed by atoms with Crippen molar-refractivity contribution in [3.63, 3.8) is 0 Å². The topological polar surface area (TPSA) is 283 Å². The molecule has 2 aromatic carbocycles. The number of nitrogen functional groups attached to an aromatic ring is 2. The molecule has 306 valence electrons. The molecule has 17 nitrogen and oxygen atoms in total. The first-order valence-electron chi connectivity index (χ1n) is 19.0. The summed E-state index contributed by atoms with van der Waals surface area (Å²) in [6.45, 7) is 3.38. The van der Waals surface area contributed by atoms with Crippen LogP contribution in [0.2, 0.25) is 0 Å². The largest absolute Gasteiger partial charge is 0.469 e. The molecule has 2 aliphatic heterocycles. The molecule has 2 atom stereocenters. The standard InChI is InChI=1S/C21H18N4O4.C18H14N4O4.C4H8O/c1-11(21(26)29-13-3-2-4-13)19-14(8-22)18(15(9-23)20(24)25-19)12-5-6-16-17(7-12)28-10-27-16;1-9(18(23)24-2)16-11(6-19)15(12(7-20)17(21)22-16)10-3-4-13-14(5-10)26-8-25-13;5-4-2-1-3-4/h5-7,11,13H,2-4,10H2,1H3,(H2,24,25);3-5,9H,8H2,1-2H3,(H2,21,22);4-5H,1-3H2. The zero-order valence-electron chi connectivity index (χ0n) is 33.0. The third-order valence-electron chi connectivity index (χ3n) is 10.4. The van der Waals surface area contributed by atoms with Gasteiger partial charge in [-0.05, 0) is 87.8 Å². The van der Waals surface area contributed by atoms with Crippen LogP contribution in [-0.2, 0) is 19.1 Å². The Hall–Kier alpha value is -7.60. The molecule has 4 aromatic rings. The highest BCUT2D eigenvalue weighted by atomic mass is 16.7. The Labute approximate surface area is 345 Å². The summed E-state index contributed by atoms with van der Waals surface area (Å²) >= 11 is 0. The highest BCUT2D eigenvalue weighted by Crippen LogP contribution is 2.42. The second-order valence-electron chi connectivity index (χ2n) is 14.1. The lowest BCUT2D eigenvalue weighted by molar-refractivity contribution is -0.154. The van der Waals surface area contributed by atoms with Gasteiger partial charge in [-0.15, -0.1) is 0 Å². The van der Waals surface area contributed by atoms with E-state index in [1.807, 2.05) is 18.2 Å². The van der Waals surface area contributed by atoms with Crippen molar-refractivity contribution in [2.24, 2.45) is 0 Å². The van der Waals surface area contributed by atoms with E-state index >= 15 is 0 Å². The highest BCUT2D eigenvalue weighted by molar-refractivity contribution is 5.87. The third kappa shape index (κ3) is 8.48. The molecule has 0 bridgehead atoms. The molecule has 2 aromatic heterocycles. The van der Waals surface area contributed by atoms with E-state index in [9.17, 15) is 30.6 Å². The number of nitrogens with two attached hydrogens (primary N) is 2. The lowest BCUT2D eigenvalue weighted by atomic mass is 9.90. The number of benzene rings is 2. The molecule has 5 N–H and O–H groups in total.